The van der Waals surface area contributed by atoms with Gasteiger partial charge in [0.05, 0.1) is 5.92 Å². The summed E-state index contributed by atoms with van der Waals surface area (Å²) in [5.74, 6) is -2.65. The molecule has 8 heteroatoms. The van der Waals surface area contributed by atoms with Crippen LogP contribution in [0.5, 0.6) is 0 Å². The summed E-state index contributed by atoms with van der Waals surface area (Å²) in [6.45, 7) is 2.19. The second-order valence-corrected chi connectivity index (χ2v) is 8.44. The summed E-state index contributed by atoms with van der Waals surface area (Å²) in [6.07, 6.45) is -3.84. The molecule has 0 radical (unpaired) electrons. The van der Waals surface area contributed by atoms with Crippen molar-refractivity contribution in [3.05, 3.63) is 70.5 Å². The molecule has 0 amide bonds. The SMILES string of the molecule is CC1(C)C(C=C(Cl)C(F)(F)F)C1C(=O)OCc1cccc(-c2cccc(F)c2)c1CF. The van der Waals surface area contributed by atoms with Gasteiger partial charge in [-0.3, -0.25) is 4.79 Å². The van der Waals surface area contributed by atoms with Crippen molar-refractivity contribution in [2.45, 2.75) is 33.3 Å². The molecule has 2 aromatic rings. The maximum atomic E-state index is 13.8. The molecule has 1 saturated carbocycles. The molecular weight excluding hydrogens is 439 g/mol. The molecule has 2 aromatic carbocycles. The number of carbonyl (C=O) groups is 1. The Labute approximate surface area is 181 Å². The van der Waals surface area contributed by atoms with Crippen LogP contribution in [0.2, 0.25) is 0 Å². The van der Waals surface area contributed by atoms with Crippen LogP contribution in [0.25, 0.3) is 11.1 Å². The standard InChI is InChI=1S/C23H20ClF5O2/c1-22(2)18(10-19(24)23(27,28)29)20(22)21(30)31-12-14-6-4-8-16(17(14)11-25)13-5-3-7-15(26)9-13/h3-10,18,20H,11-12H2,1-2H3. The number of allylic oxidation sites excluding steroid dienone is 2. The molecule has 0 aromatic heterocycles. The summed E-state index contributed by atoms with van der Waals surface area (Å²) in [7, 11) is 0. The number of hydrogen-bond donors (Lipinski definition) is 0. The molecular formula is C23H20ClF5O2. The molecule has 1 aliphatic carbocycles. The van der Waals surface area contributed by atoms with Crippen molar-refractivity contribution in [2.75, 3.05) is 0 Å². The van der Waals surface area contributed by atoms with Crippen LogP contribution in [0.1, 0.15) is 25.0 Å². The third kappa shape index (κ3) is 4.92. The average molecular weight is 459 g/mol. The Morgan fingerprint density at radius 2 is 1.87 bits per heavy atom. The molecule has 0 N–H and O–H groups in total. The van der Waals surface area contributed by atoms with Crippen molar-refractivity contribution >= 4 is 17.6 Å². The molecule has 0 aliphatic heterocycles. The molecule has 31 heavy (non-hydrogen) atoms. The number of ether oxygens (including phenoxy) is 1. The zero-order valence-electron chi connectivity index (χ0n) is 16.8. The minimum Gasteiger partial charge on any atom is -0.461 e. The second-order valence-electron chi connectivity index (χ2n) is 8.03. The summed E-state index contributed by atoms with van der Waals surface area (Å²) in [5, 5.41) is -1.27. The summed E-state index contributed by atoms with van der Waals surface area (Å²) in [6, 6.07) is 10.6. The smallest absolute Gasteiger partial charge is 0.426 e. The summed E-state index contributed by atoms with van der Waals surface area (Å²) < 4.78 is 70.8. The highest BCUT2D eigenvalue weighted by Crippen LogP contribution is 2.60. The highest BCUT2D eigenvalue weighted by Gasteiger charge is 2.62. The van der Waals surface area contributed by atoms with E-state index in [4.69, 9.17) is 16.3 Å². The molecule has 2 atom stereocenters. The molecule has 2 nitrogen and oxygen atoms in total. The number of benzene rings is 2. The minimum atomic E-state index is -4.68. The number of rotatable bonds is 6. The molecule has 0 spiro atoms. The Kier molecular flexibility index (Phi) is 6.46. The van der Waals surface area contributed by atoms with Crippen LogP contribution in [0, 0.1) is 23.1 Å². The highest BCUT2D eigenvalue weighted by molar-refractivity contribution is 6.30. The molecule has 2 unspecified atom stereocenters. The molecule has 1 aliphatic rings. The van der Waals surface area contributed by atoms with Gasteiger partial charge in [0.1, 0.15) is 24.1 Å². The van der Waals surface area contributed by atoms with E-state index >= 15 is 0 Å². The number of halogens is 6. The van der Waals surface area contributed by atoms with E-state index in [1.54, 1.807) is 38.1 Å². The monoisotopic (exact) mass is 458 g/mol. The van der Waals surface area contributed by atoms with Crippen molar-refractivity contribution in [1.82, 2.24) is 0 Å². The van der Waals surface area contributed by atoms with Gasteiger partial charge in [-0.1, -0.05) is 61.9 Å². The molecule has 1 fully saturated rings. The molecule has 0 saturated heterocycles. The Morgan fingerprint density at radius 1 is 1.19 bits per heavy atom. The van der Waals surface area contributed by atoms with Crippen molar-refractivity contribution in [3.63, 3.8) is 0 Å². The average Bonchev–Trinajstić information content (AvgIpc) is 3.24. The van der Waals surface area contributed by atoms with Gasteiger partial charge >= 0.3 is 12.1 Å². The largest absolute Gasteiger partial charge is 0.461 e. The van der Waals surface area contributed by atoms with Crippen LogP contribution in [0.4, 0.5) is 22.0 Å². The minimum absolute atomic E-state index is 0.253. The fourth-order valence-corrected chi connectivity index (χ4v) is 3.92. The highest BCUT2D eigenvalue weighted by atomic mass is 35.5. The van der Waals surface area contributed by atoms with Crippen molar-refractivity contribution in [1.29, 1.82) is 0 Å². The lowest BCUT2D eigenvalue weighted by atomic mass is 9.96. The third-order valence-corrected chi connectivity index (χ3v) is 6.01. The van der Waals surface area contributed by atoms with E-state index in [0.29, 0.717) is 16.7 Å². The predicted octanol–water partition coefficient (Wildman–Crippen LogP) is 6.96. The topological polar surface area (TPSA) is 26.3 Å². The van der Waals surface area contributed by atoms with E-state index in [-0.39, 0.29) is 12.2 Å². The van der Waals surface area contributed by atoms with Crippen LogP contribution in [0.15, 0.2) is 53.6 Å². The van der Waals surface area contributed by atoms with Crippen LogP contribution in [-0.4, -0.2) is 12.1 Å². The van der Waals surface area contributed by atoms with Crippen molar-refractivity contribution in [2.24, 2.45) is 17.3 Å². The van der Waals surface area contributed by atoms with Gasteiger partial charge in [0.2, 0.25) is 0 Å². The Bertz CT molecular complexity index is 1010. The Hall–Kier alpha value is -2.41. The van der Waals surface area contributed by atoms with E-state index in [1.807, 2.05) is 0 Å². The van der Waals surface area contributed by atoms with Gasteiger partial charge in [0, 0.05) is 0 Å². The van der Waals surface area contributed by atoms with E-state index in [0.717, 1.165) is 6.08 Å². The van der Waals surface area contributed by atoms with Crippen LogP contribution < -0.4 is 0 Å². The van der Waals surface area contributed by atoms with Gasteiger partial charge < -0.3 is 4.74 Å². The van der Waals surface area contributed by atoms with Crippen LogP contribution in [-0.2, 0) is 22.8 Å². The fourth-order valence-electron chi connectivity index (χ4n) is 3.78. The van der Waals surface area contributed by atoms with Gasteiger partial charge in [-0.15, -0.1) is 0 Å². The van der Waals surface area contributed by atoms with Gasteiger partial charge in [-0.05, 0) is 45.7 Å². The van der Waals surface area contributed by atoms with Gasteiger partial charge in [0.25, 0.3) is 0 Å². The van der Waals surface area contributed by atoms with Crippen LogP contribution in [0.3, 0.4) is 0 Å². The first-order valence-corrected chi connectivity index (χ1v) is 9.88. The molecule has 166 valence electrons. The van der Waals surface area contributed by atoms with E-state index in [2.05, 4.69) is 0 Å². The maximum Gasteiger partial charge on any atom is 0.426 e. The zero-order valence-corrected chi connectivity index (χ0v) is 17.5. The first kappa shape index (κ1) is 23.3. The van der Waals surface area contributed by atoms with E-state index in [9.17, 15) is 26.7 Å². The second kappa shape index (κ2) is 8.61. The van der Waals surface area contributed by atoms with E-state index < -0.39 is 46.9 Å². The Balaban J connectivity index is 1.76. The first-order chi connectivity index (χ1) is 14.5. The van der Waals surface area contributed by atoms with Gasteiger partial charge in [-0.25, -0.2) is 8.78 Å². The van der Waals surface area contributed by atoms with Gasteiger partial charge in [-0.2, -0.15) is 13.2 Å². The van der Waals surface area contributed by atoms with Gasteiger partial charge in [0.15, 0.2) is 0 Å². The lowest BCUT2D eigenvalue weighted by molar-refractivity contribution is -0.147. The molecule has 0 bridgehead atoms. The number of alkyl halides is 4. The first-order valence-electron chi connectivity index (χ1n) is 9.50. The lowest BCUT2D eigenvalue weighted by Crippen LogP contribution is -2.12. The molecule has 0 heterocycles. The normalized spacial score (nSPS) is 20.5. The summed E-state index contributed by atoms with van der Waals surface area (Å²) in [4.78, 5) is 12.5. The third-order valence-electron chi connectivity index (χ3n) is 5.67. The maximum absolute atomic E-state index is 13.8. The Morgan fingerprint density at radius 3 is 2.48 bits per heavy atom. The van der Waals surface area contributed by atoms with E-state index in [1.165, 1.54) is 18.2 Å². The number of hydrogen-bond acceptors (Lipinski definition) is 2. The predicted molar refractivity (Wildman–Crippen MR) is 107 cm³/mol. The lowest BCUT2D eigenvalue weighted by Gasteiger charge is -2.13. The summed E-state index contributed by atoms with van der Waals surface area (Å²) in [5.41, 5.74) is 0.870. The number of carbonyl (C=O) groups excluding carboxylic acids is 1. The fraction of sp³-hybridized carbons (Fsp3) is 0.348. The quantitative estimate of drug-likeness (QED) is 0.345. The summed E-state index contributed by atoms with van der Waals surface area (Å²) >= 11 is 5.30. The molecule has 3 rings (SSSR count). The number of esters is 1. The zero-order chi connectivity index (χ0) is 23.0. The van der Waals surface area contributed by atoms with Crippen LogP contribution >= 0.6 is 11.6 Å². The van der Waals surface area contributed by atoms with Crippen molar-refractivity contribution < 1.29 is 31.5 Å². The van der Waals surface area contributed by atoms with Crippen molar-refractivity contribution in [3.8, 4) is 11.1 Å².